The molecular formula is C15H18F3N3O. The van der Waals surface area contributed by atoms with Gasteiger partial charge in [0.1, 0.15) is 0 Å². The fourth-order valence-electron chi connectivity index (χ4n) is 3.66. The van der Waals surface area contributed by atoms with Gasteiger partial charge < -0.3 is 4.90 Å². The van der Waals surface area contributed by atoms with E-state index in [1.54, 1.807) is 19.1 Å². The van der Waals surface area contributed by atoms with E-state index in [4.69, 9.17) is 0 Å². The van der Waals surface area contributed by atoms with Gasteiger partial charge in [-0.1, -0.05) is 6.42 Å². The molecule has 4 nitrogen and oxygen atoms in total. The van der Waals surface area contributed by atoms with Gasteiger partial charge in [-0.15, -0.1) is 5.10 Å². The van der Waals surface area contributed by atoms with Crippen LogP contribution in [0, 0.1) is 18.3 Å². The summed E-state index contributed by atoms with van der Waals surface area (Å²) in [4.78, 5) is 14.0. The summed E-state index contributed by atoms with van der Waals surface area (Å²) < 4.78 is 39.7. The van der Waals surface area contributed by atoms with E-state index in [-0.39, 0.29) is 31.1 Å². The number of halogens is 3. The molecule has 0 N–H and O–H groups in total. The number of alkyl halides is 3. The first-order valence-electron chi connectivity index (χ1n) is 7.48. The van der Waals surface area contributed by atoms with E-state index in [2.05, 4.69) is 10.2 Å². The molecular weight excluding hydrogens is 295 g/mol. The molecule has 22 heavy (non-hydrogen) atoms. The number of nitrogens with zero attached hydrogens (tertiary/aromatic N) is 3. The van der Waals surface area contributed by atoms with Gasteiger partial charge in [0.05, 0.1) is 11.6 Å². The van der Waals surface area contributed by atoms with Crippen molar-refractivity contribution in [2.45, 2.75) is 38.8 Å². The molecule has 1 atom stereocenters. The first-order valence-corrected chi connectivity index (χ1v) is 7.48. The molecule has 1 saturated carbocycles. The van der Waals surface area contributed by atoms with Crippen molar-refractivity contribution in [3.05, 3.63) is 23.5 Å². The number of aryl methyl sites for hydroxylation is 1. The molecule has 2 aliphatic rings. The summed E-state index contributed by atoms with van der Waals surface area (Å²) in [7, 11) is 0. The number of piperidine rings is 1. The van der Waals surface area contributed by atoms with Crippen molar-refractivity contribution in [2.24, 2.45) is 11.3 Å². The minimum atomic E-state index is -4.18. The molecule has 1 amide bonds. The van der Waals surface area contributed by atoms with E-state index in [9.17, 15) is 18.0 Å². The quantitative estimate of drug-likeness (QED) is 0.801. The molecule has 3 rings (SSSR count). The first kappa shape index (κ1) is 15.2. The number of hydrogen-bond donors (Lipinski definition) is 0. The molecule has 2 heterocycles. The normalized spacial score (nSPS) is 24.2. The molecule has 1 unspecified atom stereocenters. The fourth-order valence-corrected chi connectivity index (χ4v) is 3.66. The van der Waals surface area contributed by atoms with E-state index < -0.39 is 17.5 Å². The Bertz CT molecular complexity index is 566. The van der Waals surface area contributed by atoms with Gasteiger partial charge in [-0.2, -0.15) is 18.3 Å². The van der Waals surface area contributed by atoms with Gasteiger partial charge in [0.2, 0.25) is 0 Å². The average molecular weight is 313 g/mol. The lowest BCUT2D eigenvalue weighted by Gasteiger charge is -2.54. The van der Waals surface area contributed by atoms with Crippen LogP contribution in [-0.2, 0) is 0 Å². The summed E-state index contributed by atoms with van der Waals surface area (Å²) in [5.74, 6) is -1.61. The van der Waals surface area contributed by atoms with E-state index in [1.807, 2.05) is 0 Å². The highest BCUT2D eigenvalue weighted by molar-refractivity contribution is 5.92. The lowest BCUT2D eigenvalue weighted by atomic mass is 9.58. The number of carbonyl (C=O) groups is 1. The van der Waals surface area contributed by atoms with Crippen LogP contribution in [0.4, 0.5) is 13.2 Å². The third-order valence-electron chi connectivity index (χ3n) is 4.98. The van der Waals surface area contributed by atoms with Crippen molar-refractivity contribution in [3.63, 3.8) is 0 Å². The highest BCUT2D eigenvalue weighted by Crippen LogP contribution is 2.56. The van der Waals surface area contributed by atoms with Crippen LogP contribution in [0.25, 0.3) is 0 Å². The Morgan fingerprint density at radius 3 is 2.55 bits per heavy atom. The zero-order valence-electron chi connectivity index (χ0n) is 12.4. The van der Waals surface area contributed by atoms with Crippen molar-refractivity contribution in [1.82, 2.24) is 15.1 Å². The summed E-state index contributed by atoms with van der Waals surface area (Å²) in [5, 5.41) is 7.69. The zero-order chi connectivity index (χ0) is 16.0. The predicted molar refractivity (Wildman–Crippen MR) is 73.1 cm³/mol. The van der Waals surface area contributed by atoms with Gasteiger partial charge in [-0.05, 0) is 43.7 Å². The molecule has 1 aliphatic carbocycles. The monoisotopic (exact) mass is 313 g/mol. The highest BCUT2D eigenvalue weighted by Gasteiger charge is 2.58. The third kappa shape index (κ3) is 2.57. The topological polar surface area (TPSA) is 46.1 Å². The SMILES string of the molecule is Cc1ccc(C(=O)N2CCC(C(F)(F)F)C3(CCC3)C2)nn1. The second-order valence-corrected chi connectivity index (χ2v) is 6.39. The lowest BCUT2D eigenvalue weighted by Crippen LogP contribution is -2.57. The Morgan fingerprint density at radius 2 is 2.05 bits per heavy atom. The van der Waals surface area contributed by atoms with Crippen LogP contribution < -0.4 is 0 Å². The number of hydrogen-bond acceptors (Lipinski definition) is 3. The summed E-state index contributed by atoms with van der Waals surface area (Å²) in [5.41, 5.74) is 0.109. The van der Waals surface area contributed by atoms with Crippen LogP contribution in [0.5, 0.6) is 0 Å². The van der Waals surface area contributed by atoms with Crippen molar-refractivity contribution in [3.8, 4) is 0 Å². The Morgan fingerprint density at radius 1 is 1.32 bits per heavy atom. The maximum Gasteiger partial charge on any atom is 0.392 e. The predicted octanol–water partition coefficient (Wildman–Crippen LogP) is 2.98. The smallest absolute Gasteiger partial charge is 0.337 e. The van der Waals surface area contributed by atoms with Crippen LogP contribution >= 0.6 is 0 Å². The van der Waals surface area contributed by atoms with Gasteiger partial charge in [0.15, 0.2) is 5.69 Å². The summed E-state index contributed by atoms with van der Waals surface area (Å²) >= 11 is 0. The van der Waals surface area contributed by atoms with Crippen LogP contribution in [0.15, 0.2) is 12.1 Å². The first-order chi connectivity index (χ1) is 10.3. The second kappa shape index (κ2) is 5.21. The van der Waals surface area contributed by atoms with E-state index >= 15 is 0 Å². The van der Waals surface area contributed by atoms with Crippen LogP contribution in [0.2, 0.25) is 0 Å². The van der Waals surface area contributed by atoms with Gasteiger partial charge in [-0.3, -0.25) is 4.79 Å². The van der Waals surface area contributed by atoms with Gasteiger partial charge in [0, 0.05) is 13.1 Å². The second-order valence-electron chi connectivity index (χ2n) is 6.39. The van der Waals surface area contributed by atoms with E-state index in [1.165, 1.54) is 4.90 Å². The minimum Gasteiger partial charge on any atom is -0.337 e. The zero-order valence-corrected chi connectivity index (χ0v) is 12.4. The average Bonchev–Trinajstić information content (AvgIpc) is 2.44. The Balaban J connectivity index is 1.78. The Hall–Kier alpha value is -1.66. The lowest BCUT2D eigenvalue weighted by molar-refractivity contribution is -0.235. The maximum absolute atomic E-state index is 13.2. The highest BCUT2D eigenvalue weighted by atomic mass is 19.4. The van der Waals surface area contributed by atoms with E-state index in [0.717, 1.165) is 6.42 Å². The molecule has 7 heteroatoms. The summed E-state index contributed by atoms with van der Waals surface area (Å²) in [6.45, 7) is 2.06. The molecule has 0 aromatic carbocycles. The summed E-state index contributed by atoms with van der Waals surface area (Å²) in [6.07, 6.45) is -2.31. The molecule has 120 valence electrons. The number of aromatic nitrogens is 2. The molecule has 0 radical (unpaired) electrons. The molecule has 1 spiro atoms. The van der Waals surface area contributed by atoms with Crippen molar-refractivity contribution in [2.75, 3.05) is 13.1 Å². The van der Waals surface area contributed by atoms with Gasteiger partial charge in [-0.25, -0.2) is 0 Å². The standard InChI is InChI=1S/C15H18F3N3O/c1-10-3-4-11(20-19-10)13(22)21-8-5-12(15(16,17)18)14(9-21)6-2-7-14/h3-4,12H,2,5-9H2,1H3. The number of amides is 1. The number of carbonyl (C=O) groups excluding carboxylic acids is 1. The molecule has 1 aromatic rings. The molecule has 2 fully saturated rings. The number of likely N-dealkylation sites (tertiary alicyclic amines) is 1. The largest absolute Gasteiger partial charge is 0.392 e. The van der Waals surface area contributed by atoms with Crippen LogP contribution in [0.3, 0.4) is 0 Å². The third-order valence-corrected chi connectivity index (χ3v) is 4.98. The summed E-state index contributed by atoms with van der Waals surface area (Å²) in [6, 6.07) is 3.26. The molecule has 1 aliphatic heterocycles. The van der Waals surface area contributed by atoms with Crippen LogP contribution in [-0.4, -0.2) is 40.3 Å². The maximum atomic E-state index is 13.2. The Labute approximate surface area is 126 Å². The van der Waals surface area contributed by atoms with Crippen molar-refractivity contribution < 1.29 is 18.0 Å². The number of rotatable bonds is 1. The fraction of sp³-hybridized carbons (Fsp3) is 0.667. The van der Waals surface area contributed by atoms with Crippen molar-refractivity contribution >= 4 is 5.91 Å². The minimum absolute atomic E-state index is 0.0193. The van der Waals surface area contributed by atoms with Crippen molar-refractivity contribution in [1.29, 1.82) is 0 Å². The Kier molecular flexibility index (Phi) is 3.61. The molecule has 1 saturated heterocycles. The van der Waals surface area contributed by atoms with Gasteiger partial charge in [0.25, 0.3) is 5.91 Å². The van der Waals surface area contributed by atoms with Gasteiger partial charge >= 0.3 is 6.18 Å². The van der Waals surface area contributed by atoms with Crippen LogP contribution in [0.1, 0.15) is 41.9 Å². The molecule has 0 bridgehead atoms. The van der Waals surface area contributed by atoms with E-state index in [0.29, 0.717) is 18.5 Å². The molecule has 1 aromatic heterocycles.